The van der Waals surface area contributed by atoms with Gasteiger partial charge in [0.1, 0.15) is 5.00 Å². The van der Waals surface area contributed by atoms with Crippen LogP contribution in [0, 0.1) is 13.8 Å². The standard InChI is InChI=1S/C21H26N2O5S2/c1-14-15(2)29-20(19(14)21(25)28-3)22-18(24)11-8-16-6-9-17(10-7-16)30(26,27)23-12-4-5-13-23/h6-7,9-10H,4-5,8,11-13H2,1-3H3,(H,22,24). The van der Waals surface area contributed by atoms with Gasteiger partial charge in [0.2, 0.25) is 15.9 Å². The van der Waals surface area contributed by atoms with E-state index in [-0.39, 0.29) is 17.2 Å². The van der Waals surface area contributed by atoms with E-state index >= 15 is 0 Å². The molecule has 1 fully saturated rings. The molecule has 7 nitrogen and oxygen atoms in total. The third-order valence-electron chi connectivity index (χ3n) is 5.29. The number of carbonyl (C=O) groups excluding carboxylic acids is 2. The van der Waals surface area contributed by atoms with Crippen molar-refractivity contribution < 1.29 is 22.7 Å². The number of thiophene rings is 1. The number of carbonyl (C=O) groups is 2. The van der Waals surface area contributed by atoms with E-state index in [4.69, 9.17) is 4.74 Å². The van der Waals surface area contributed by atoms with E-state index in [2.05, 4.69) is 5.32 Å². The van der Waals surface area contributed by atoms with Crippen molar-refractivity contribution >= 4 is 38.2 Å². The highest BCUT2D eigenvalue weighted by Gasteiger charge is 2.27. The number of anilines is 1. The average molecular weight is 451 g/mol. The second-order valence-corrected chi connectivity index (χ2v) is 10.4. The quantitative estimate of drug-likeness (QED) is 0.652. The number of methoxy groups -OCH3 is 1. The van der Waals surface area contributed by atoms with E-state index in [0.29, 0.717) is 30.1 Å². The van der Waals surface area contributed by atoms with Crippen molar-refractivity contribution in [2.24, 2.45) is 0 Å². The first-order valence-electron chi connectivity index (χ1n) is 9.81. The van der Waals surface area contributed by atoms with E-state index in [0.717, 1.165) is 28.8 Å². The molecule has 1 saturated heterocycles. The van der Waals surface area contributed by atoms with Crippen LogP contribution in [0.5, 0.6) is 0 Å². The van der Waals surface area contributed by atoms with Gasteiger partial charge in [-0.2, -0.15) is 4.31 Å². The molecule has 0 unspecified atom stereocenters. The van der Waals surface area contributed by atoms with Crippen molar-refractivity contribution in [2.45, 2.75) is 44.4 Å². The SMILES string of the molecule is COC(=O)c1c(NC(=O)CCc2ccc(S(=O)(=O)N3CCCC3)cc2)sc(C)c1C. The molecule has 1 amide bonds. The van der Waals surface area contributed by atoms with Crippen LogP contribution >= 0.6 is 11.3 Å². The summed E-state index contributed by atoms with van der Waals surface area (Å²) in [7, 11) is -2.12. The molecule has 1 aliphatic heterocycles. The molecule has 162 valence electrons. The van der Waals surface area contributed by atoms with Gasteiger partial charge >= 0.3 is 5.97 Å². The van der Waals surface area contributed by atoms with Gasteiger partial charge in [0.25, 0.3) is 0 Å². The molecular weight excluding hydrogens is 424 g/mol. The minimum atomic E-state index is -3.43. The summed E-state index contributed by atoms with van der Waals surface area (Å²) in [6.07, 6.45) is 2.47. The molecule has 3 rings (SSSR count). The number of esters is 1. The Balaban J connectivity index is 1.62. The second kappa shape index (κ2) is 9.28. The smallest absolute Gasteiger partial charge is 0.341 e. The van der Waals surface area contributed by atoms with Gasteiger partial charge in [0.15, 0.2) is 0 Å². The van der Waals surface area contributed by atoms with Crippen LogP contribution in [-0.2, 0) is 26.0 Å². The highest BCUT2D eigenvalue weighted by atomic mass is 32.2. The highest BCUT2D eigenvalue weighted by Crippen LogP contribution is 2.33. The van der Waals surface area contributed by atoms with Crippen LogP contribution in [0.15, 0.2) is 29.2 Å². The lowest BCUT2D eigenvalue weighted by atomic mass is 10.1. The van der Waals surface area contributed by atoms with E-state index in [1.165, 1.54) is 22.8 Å². The Kier molecular flexibility index (Phi) is 6.95. The van der Waals surface area contributed by atoms with Crippen LogP contribution in [-0.4, -0.2) is 44.8 Å². The molecule has 1 N–H and O–H groups in total. The molecule has 1 aromatic carbocycles. The zero-order chi connectivity index (χ0) is 21.9. The second-order valence-electron chi connectivity index (χ2n) is 7.28. The zero-order valence-corrected chi connectivity index (χ0v) is 19.0. The number of amides is 1. The summed E-state index contributed by atoms with van der Waals surface area (Å²) in [6.45, 7) is 4.85. The lowest BCUT2D eigenvalue weighted by molar-refractivity contribution is -0.116. The fraction of sp³-hybridized carbons (Fsp3) is 0.429. The van der Waals surface area contributed by atoms with Crippen LogP contribution in [0.2, 0.25) is 0 Å². The number of benzene rings is 1. The Morgan fingerprint density at radius 1 is 1.13 bits per heavy atom. The molecule has 0 saturated carbocycles. The third kappa shape index (κ3) is 4.74. The van der Waals surface area contributed by atoms with Crippen LogP contribution in [0.3, 0.4) is 0 Å². The molecule has 0 aliphatic carbocycles. The lowest BCUT2D eigenvalue weighted by Gasteiger charge is -2.15. The minimum absolute atomic E-state index is 0.213. The number of aryl methyl sites for hydroxylation is 2. The van der Waals surface area contributed by atoms with Gasteiger partial charge in [-0.15, -0.1) is 11.3 Å². The van der Waals surface area contributed by atoms with Gasteiger partial charge in [0.05, 0.1) is 17.6 Å². The van der Waals surface area contributed by atoms with Crippen molar-refractivity contribution in [1.29, 1.82) is 0 Å². The van der Waals surface area contributed by atoms with E-state index in [9.17, 15) is 18.0 Å². The number of ether oxygens (including phenoxy) is 1. The van der Waals surface area contributed by atoms with Crippen molar-refractivity contribution in [3.8, 4) is 0 Å². The molecule has 0 radical (unpaired) electrons. The summed E-state index contributed by atoms with van der Waals surface area (Å²) in [5, 5.41) is 3.30. The summed E-state index contributed by atoms with van der Waals surface area (Å²) in [6, 6.07) is 6.69. The van der Waals surface area contributed by atoms with E-state index in [1.807, 2.05) is 13.8 Å². The summed E-state index contributed by atoms with van der Waals surface area (Å²) in [5.41, 5.74) is 2.07. The van der Waals surface area contributed by atoms with Crippen LogP contribution in [0.1, 0.15) is 45.6 Å². The first kappa shape index (κ1) is 22.5. The van der Waals surface area contributed by atoms with Gasteiger partial charge in [0, 0.05) is 24.4 Å². The normalized spacial score (nSPS) is 14.6. The fourth-order valence-corrected chi connectivity index (χ4v) is 6.00. The number of hydrogen-bond donors (Lipinski definition) is 1. The maximum Gasteiger partial charge on any atom is 0.341 e. The summed E-state index contributed by atoms with van der Waals surface area (Å²) >= 11 is 1.35. The van der Waals surface area contributed by atoms with E-state index in [1.54, 1.807) is 24.3 Å². The Bertz CT molecular complexity index is 1040. The molecule has 0 spiro atoms. The monoisotopic (exact) mass is 450 g/mol. The molecule has 1 aromatic heterocycles. The first-order valence-corrected chi connectivity index (χ1v) is 12.1. The van der Waals surface area contributed by atoms with Crippen molar-refractivity contribution in [3.63, 3.8) is 0 Å². The van der Waals surface area contributed by atoms with Gasteiger partial charge in [-0.3, -0.25) is 4.79 Å². The summed E-state index contributed by atoms with van der Waals surface area (Å²) in [4.78, 5) is 25.7. The lowest BCUT2D eigenvalue weighted by Crippen LogP contribution is -2.27. The van der Waals surface area contributed by atoms with Crippen molar-refractivity contribution in [1.82, 2.24) is 4.31 Å². The van der Waals surface area contributed by atoms with Crippen molar-refractivity contribution in [2.75, 3.05) is 25.5 Å². The summed E-state index contributed by atoms with van der Waals surface area (Å²) < 4.78 is 31.5. The number of hydrogen-bond acceptors (Lipinski definition) is 6. The molecular formula is C21H26N2O5S2. The molecule has 30 heavy (non-hydrogen) atoms. The zero-order valence-electron chi connectivity index (χ0n) is 17.4. The predicted octanol–water partition coefficient (Wildman–Crippen LogP) is 3.51. The maximum absolute atomic E-state index is 12.6. The maximum atomic E-state index is 12.6. The van der Waals surface area contributed by atoms with Gasteiger partial charge in [-0.1, -0.05) is 12.1 Å². The first-order chi connectivity index (χ1) is 14.2. The molecule has 0 atom stereocenters. The molecule has 1 aliphatic rings. The molecule has 0 bridgehead atoms. The van der Waals surface area contributed by atoms with Crippen LogP contribution in [0.4, 0.5) is 5.00 Å². The molecule has 9 heteroatoms. The Labute approximate surface area is 181 Å². The molecule has 2 heterocycles. The predicted molar refractivity (Wildman–Crippen MR) is 117 cm³/mol. The Morgan fingerprint density at radius 2 is 1.77 bits per heavy atom. The minimum Gasteiger partial charge on any atom is -0.465 e. The largest absolute Gasteiger partial charge is 0.465 e. The van der Waals surface area contributed by atoms with E-state index < -0.39 is 16.0 Å². The Hall–Kier alpha value is -2.23. The average Bonchev–Trinajstić information content (AvgIpc) is 3.36. The van der Waals surface area contributed by atoms with Crippen LogP contribution < -0.4 is 5.32 Å². The van der Waals surface area contributed by atoms with Gasteiger partial charge in [-0.05, 0) is 56.4 Å². The van der Waals surface area contributed by atoms with Crippen molar-refractivity contribution in [3.05, 3.63) is 45.8 Å². The number of nitrogens with zero attached hydrogens (tertiary/aromatic N) is 1. The number of sulfonamides is 1. The van der Waals surface area contributed by atoms with Gasteiger partial charge in [-0.25, -0.2) is 13.2 Å². The van der Waals surface area contributed by atoms with Crippen LogP contribution in [0.25, 0.3) is 0 Å². The molecule has 2 aromatic rings. The third-order valence-corrected chi connectivity index (χ3v) is 8.33. The number of rotatable bonds is 7. The van der Waals surface area contributed by atoms with Gasteiger partial charge < -0.3 is 10.1 Å². The fourth-order valence-electron chi connectivity index (χ4n) is 3.42. The topological polar surface area (TPSA) is 92.8 Å². The summed E-state index contributed by atoms with van der Waals surface area (Å²) in [5.74, 6) is -0.683. The highest BCUT2D eigenvalue weighted by molar-refractivity contribution is 7.89. The number of nitrogens with one attached hydrogen (secondary N) is 1. The Morgan fingerprint density at radius 3 is 2.37 bits per heavy atom.